The number of esters is 1. The van der Waals surface area contributed by atoms with Gasteiger partial charge in [0.2, 0.25) is 0 Å². The van der Waals surface area contributed by atoms with Crippen LogP contribution in [0.25, 0.3) is 0 Å². The first-order chi connectivity index (χ1) is 7.78. The standard InChI is InChI=1S/C10H20O3Si/c1-7(11)13-10-3-2-8(4-5-14)6-9(10)12/h8-10,12H,2-6H2,1,14H3/i14T3. The minimum atomic E-state index is -3.22. The third kappa shape index (κ3) is 3.42. The van der Waals surface area contributed by atoms with Gasteiger partial charge in [0, 0.05) is 20.7 Å². The molecule has 4 heteroatoms. The zero-order valence-corrected chi connectivity index (χ0v) is 9.53. The zero-order valence-electron chi connectivity index (χ0n) is 11.5. The smallest absolute Gasteiger partial charge is 0.302 e. The molecule has 0 amide bonds. The predicted octanol–water partition coefficient (Wildman–Crippen LogP) is 0.253. The highest BCUT2D eigenvalue weighted by atomic mass is 28.1. The van der Waals surface area contributed by atoms with E-state index >= 15 is 0 Å². The minimum absolute atomic E-state index is 0.254. The summed E-state index contributed by atoms with van der Waals surface area (Å²) in [6.45, 7) is 1.33. The molecule has 0 radical (unpaired) electrons. The maximum absolute atomic E-state index is 10.8. The molecule has 3 unspecified atom stereocenters. The summed E-state index contributed by atoms with van der Waals surface area (Å²) < 4.78 is 26.8. The Hall–Kier alpha value is -0.353. The maximum Gasteiger partial charge on any atom is 0.302 e. The van der Waals surface area contributed by atoms with Gasteiger partial charge in [-0.25, -0.2) is 0 Å². The molecular weight excluding hydrogens is 196 g/mol. The molecule has 1 aliphatic carbocycles. The Bertz CT molecular complexity index is 270. The SMILES string of the molecule is [3H][Si]([3H])([3H])CCC1CCC(OC(C)=O)C(O)C1. The van der Waals surface area contributed by atoms with Crippen molar-refractivity contribution >= 4 is 16.0 Å². The molecule has 0 aliphatic heterocycles. The molecule has 0 aromatic rings. The van der Waals surface area contributed by atoms with E-state index in [0.717, 1.165) is 6.42 Å². The summed E-state index contributed by atoms with van der Waals surface area (Å²) >= 11 is 0. The van der Waals surface area contributed by atoms with Crippen molar-refractivity contribution in [3.8, 4) is 0 Å². The van der Waals surface area contributed by atoms with E-state index in [-0.39, 0.29) is 11.9 Å². The highest BCUT2D eigenvalue weighted by molar-refractivity contribution is 6.08. The molecule has 0 heterocycles. The molecule has 0 aromatic carbocycles. The lowest BCUT2D eigenvalue weighted by Crippen LogP contribution is -2.36. The lowest BCUT2D eigenvalue weighted by Gasteiger charge is -2.32. The van der Waals surface area contributed by atoms with Crippen LogP contribution in [0, 0.1) is 5.92 Å². The molecule has 1 fully saturated rings. The van der Waals surface area contributed by atoms with Gasteiger partial charge in [0.1, 0.15) is 6.10 Å². The molecule has 3 atom stereocenters. The normalized spacial score (nSPS) is 36.7. The summed E-state index contributed by atoms with van der Waals surface area (Å²) in [6, 6.07) is 0.322. The van der Waals surface area contributed by atoms with E-state index in [1.165, 1.54) is 6.92 Å². The second-order valence-electron chi connectivity index (χ2n) is 3.93. The molecule has 1 N–H and O–H groups in total. The molecule has 0 spiro atoms. The first-order valence-electron chi connectivity index (χ1n) is 6.63. The van der Waals surface area contributed by atoms with Crippen LogP contribution < -0.4 is 0 Å². The van der Waals surface area contributed by atoms with Crippen molar-refractivity contribution in [2.24, 2.45) is 5.92 Å². The van der Waals surface area contributed by atoms with Gasteiger partial charge in [-0.05, 0) is 25.2 Å². The molecule has 14 heavy (non-hydrogen) atoms. The summed E-state index contributed by atoms with van der Waals surface area (Å²) in [4.78, 5) is 10.8. The van der Waals surface area contributed by atoms with E-state index in [1.807, 2.05) is 0 Å². The number of hydrogen-bond acceptors (Lipinski definition) is 3. The number of aliphatic hydroxyl groups excluding tert-OH is 1. The second kappa shape index (κ2) is 5.51. The van der Waals surface area contributed by atoms with E-state index in [9.17, 15) is 9.90 Å². The minimum Gasteiger partial charge on any atom is -0.460 e. The lowest BCUT2D eigenvalue weighted by atomic mass is 9.84. The van der Waals surface area contributed by atoms with Gasteiger partial charge in [-0.1, -0.05) is 12.5 Å². The van der Waals surface area contributed by atoms with Crippen LogP contribution in [0.4, 0.5) is 0 Å². The average Bonchev–Trinajstić information content (AvgIpc) is 2.17. The Balaban J connectivity index is 2.34. The number of aliphatic hydroxyl groups is 1. The van der Waals surface area contributed by atoms with Gasteiger partial charge in [-0.3, -0.25) is 4.79 Å². The highest BCUT2D eigenvalue weighted by Crippen LogP contribution is 2.29. The number of carbonyl (C=O) groups excluding carboxylic acids is 1. The van der Waals surface area contributed by atoms with Crippen molar-refractivity contribution in [2.45, 2.75) is 50.9 Å². The van der Waals surface area contributed by atoms with Crippen LogP contribution in [0.1, 0.15) is 32.6 Å². The summed E-state index contributed by atoms with van der Waals surface area (Å²) in [5.74, 6) is -0.118. The van der Waals surface area contributed by atoms with Crippen molar-refractivity contribution in [3.05, 3.63) is 0 Å². The Morgan fingerprint density at radius 3 is 3.07 bits per heavy atom. The average molecular weight is 222 g/mol. The predicted molar refractivity (Wildman–Crippen MR) is 58.3 cm³/mol. The third-order valence-electron chi connectivity index (χ3n) is 2.73. The van der Waals surface area contributed by atoms with Crippen LogP contribution in [0.2, 0.25) is 6.04 Å². The van der Waals surface area contributed by atoms with E-state index in [2.05, 4.69) is 0 Å². The molecule has 0 bridgehead atoms. The summed E-state index contributed by atoms with van der Waals surface area (Å²) in [7, 11) is -3.22. The van der Waals surface area contributed by atoms with Gasteiger partial charge in [0.05, 0.1) is 6.10 Å². The van der Waals surface area contributed by atoms with Crippen LogP contribution in [-0.4, -0.2) is 37.0 Å². The fraction of sp³-hybridized carbons (Fsp3) is 0.900. The van der Waals surface area contributed by atoms with Crippen LogP contribution in [0.3, 0.4) is 0 Å². The van der Waals surface area contributed by atoms with Gasteiger partial charge in [0.25, 0.3) is 0 Å². The van der Waals surface area contributed by atoms with Crippen molar-refractivity contribution < 1.29 is 14.6 Å². The molecule has 3 nitrogen and oxygen atoms in total. The first kappa shape index (κ1) is 7.88. The monoisotopic (exact) mass is 222 g/mol. The first-order valence-corrected chi connectivity index (χ1v) is 5.84. The third-order valence-corrected chi connectivity index (χ3v) is 3.02. The Morgan fingerprint density at radius 1 is 1.71 bits per heavy atom. The molecule has 0 saturated heterocycles. The van der Waals surface area contributed by atoms with Gasteiger partial charge in [-0.2, -0.15) is 0 Å². The zero-order chi connectivity index (χ0) is 13.1. The van der Waals surface area contributed by atoms with Crippen molar-refractivity contribution in [1.29, 1.82) is 3.70 Å². The fourth-order valence-corrected chi connectivity index (χ4v) is 2.43. The van der Waals surface area contributed by atoms with E-state index in [4.69, 9.17) is 8.44 Å². The number of hydrogen-bond donors (Lipinski definition) is 1. The Morgan fingerprint density at radius 2 is 2.50 bits per heavy atom. The highest BCUT2D eigenvalue weighted by Gasteiger charge is 2.30. The van der Waals surface area contributed by atoms with Crippen molar-refractivity contribution in [3.63, 3.8) is 0 Å². The molecule has 1 saturated carbocycles. The van der Waals surface area contributed by atoms with Crippen molar-refractivity contribution in [1.82, 2.24) is 0 Å². The molecule has 82 valence electrons. The van der Waals surface area contributed by atoms with E-state index in [0.29, 0.717) is 25.3 Å². The topological polar surface area (TPSA) is 46.5 Å². The Labute approximate surface area is 91.9 Å². The summed E-state index contributed by atoms with van der Waals surface area (Å²) in [5.41, 5.74) is 0. The van der Waals surface area contributed by atoms with Crippen LogP contribution >= 0.6 is 0 Å². The van der Waals surface area contributed by atoms with Gasteiger partial charge >= 0.3 is 5.97 Å². The lowest BCUT2D eigenvalue weighted by molar-refractivity contribution is -0.156. The molecule has 1 aliphatic rings. The quantitative estimate of drug-likeness (QED) is 0.548. The number of carbonyl (C=O) groups is 1. The number of rotatable bonds is 4. The van der Waals surface area contributed by atoms with Gasteiger partial charge < -0.3 is 9.84 Å². The van der Waals surface area contributed by atoms with Crippen LogP contribution in [0.15, 0.2) is 0 Å². The van der Waals surface area contributed by atoms with Crippen LogP contribution in [0.5, 0.6) is 0 Å². The van der Waals surface area contributed by atoms with E-state index < -0.39 is 22.2 Å². The number of ether oxygens (including phenoxy) is 1. The van der Waals surface area contributed by atoms with Gasteiger partial charge in [-0.15, -0.1) is 0 Å². The Kier molecular flexibility index (Phi) is 3.10. The van der Waals surface area contributed by atoms with E-state index in [1.54, 1.807) is 0 Å². The largest absolute Gasteiger partial charge is 0.460 e. The van der Waals surface area contributed by atoms with Crippen molar-refractivity contribution in [2.75, 3.05) is 0 Å². The second-order valence-corrected chi connectivity index (χ2v) is 4.43. The summed E-state index contributed by atoms with van der Waals surface area (Å²) in [6.07, 6.45) is 1.62. The van der Waals surface area contributed by atoms with Gasteiger partial charge in [0.15, 0.2) is 0 Å². The molecule has 1 rings (SSSR count). The molecular formula is C10H20O3Si. The molecule has 0 aromatic heterocycles. The maximum atomic E-state index is 10.8. The summed E-state index contributed by atoms with van der Waals surface area (Å²) in [5, 5.41) is 9.81. The van der Waals surface area contributed by atoms with Crippen LogP contribution in [-0.2, 0) is 9.53 Å². The fourth-order valence-electron chi connectivity index (χ4n) is 2.02.